The Morgan fingerprint density at radius 3 is 2.72 bits per heavy atom. The maximum Gasteiger partial charge on any atom is 0.223 e. The lowest BCUT2D eigenvalue weighted by atomic mass is 10.0. The number of likely N-dealkylation sites (tertiary alicyclic amines) is 1. The van der Waals surface area contributed by atoms with E-state index in [9.17, 15) is 4.79 Å². The third-order valence-corrected chi connectivity index (χ3v) is 4.03. The molecule has 2 saturated heterocycles. The summed E-state index contributed by atoms with van der Waals surface area (Å²) in [6.45, 7) is 8.50. The summed E-state index contributed by atoms with van der Waals surface area (Å²) in [6.07, 6.45) is 0.610. The van der Waals surface area contributed by atoms with Gasteiger partial charge < -0.3 is 15.0 Å². The van der Waals surface area contributed by atoms with E-state index in [1.165, 1.54) is 0 Å². The molecule has 2 rings (SSSR count). The van der Waals surface area contributed by atoms with Crippen molar-refractivity contribution in [1.29, 1.82) is 0 Å². The predicted octanol–water partition coefficient (Wildman–Crippen LogP) is -0.225. The van der Waals surface area contributed by atoms with Crippen LogP contribution in [0.4, 0.5) is 0 Å². The second-order valence-corrected chi connectivity index (χ2v) is 5.35. The van der Waals surface area contributed by atoms with Crippen molar-refractivity contribution in [3.8, 4) is 0 Å². The topological polar surface area (TPSA) is 44.8 Å². The molecule has 0 aromatic carbocycles. The molecule has 0 aromatic rings. The molecule has 5 nitrogen and oxygen atoms in total. The summed E-state index contributed by atoms with van der Waals surface area (Å²) in [4.78, 5) is 16.5. The van der Waals surface area contributed by atoms with Crippen LogP contribution in [0.15, 0.2) is 0 Å². The van der Waals surface area contributed by atoms with Crippen molar-refractivity contribution >= 4 is 5.91 Å². The van der Waals surface area contributed by atoms with Crippen LogP contribution in [0.2, 0.25) is 0 Å². The molecule has 18 heavy (non-hydrogen) atoms. The van der Waals surface area contributed by atoms with E-state index in [2.05, 4.69) is 17.1 Å². The molecular weight excluding hydrogens is 230 g/mol. The molecule has 2 aliphatic heterocycles. The molecule has 0 bridgehead atoms. The molecule has 2 unspecified atom stereocenters. The highest BCUT2D eigenvalue weighted by molar-refractivity contribution is 5.76. The van der Waals surface area contributed by atoms with Crippen molar-refractivity contribution < 1.29 is 9.53 Å². The lowest BCUT2D eigenvalue weighted by molar-refractivity contribution is -0.130. The Hall–Kier alpha value is -0.650. The maximum atomic E-state index is 12.0. The zero-order chi connectivity index (χ0) is 13.0. The van der Waals surface area contributed by atoms with Gasteiger partial charge in [0, 0.05) is 45.2 Å². The Labute approximate surface area is 109 Å². The zero-order valence-electron chi connectivity index (χ0n) is 11.5. The largest absolute Gasteiger partial charge is 0.379 e. The molecule has 2 aliphatic rings. The molecule has 1 N–H and O–H groups in total. The molecule has 5 heteroatoms. The van der Waals surface area contributed by atoms with Crippen LogP contribution >= 0.6 is 0 Å². The Bertz CT molecular complexity index is 279. The van der Waals surface area contributed by atoms with E-state index in [1.54, 1.807) is 0 Å². The second kappa shape index (κ2) is 6.50. The molecule has 2 fully saturated rings. The summed E-state index contributed by atoms with van der Waals surface area (Å²) < 4.78 is 5.39. The standard InChI is InChI=1S/C13H25N3O2/c1-11-9-16(13(17)3-4-14-2)10-12(11)15-5-7-18-8-6-15/h11-12,14H,3-10H2,1-2H3. The lowest BCUT2D eigenvalue weighted by Gasteiger charge is -2.34. The number of carbonyl (C=O) groups is 1. The molecule has 0 saturated carbocycles. The van der Waals surface area contributed by atoms with Gasteiger partial charge in [0.05, 0.1) is 13.2 Å². The van der Waals surface area contributed by atoms with Crippen molar-refractivity contribution in [3.63, 3.8) is 0 Å². The highest BCUT2D eigenvalue weighted by atomic mass is 16.5. The predicted molar refractivity (Wildman–Crippen MR) is 70.5 cm³/mol. The van der Waals surface area contributed by atoms with Gasteiger partial charge in [-0.05, 0) is 13.0 Å². The minimum Gasteiger partial charge on any atom is -0.379 e. The fraction of sp³-hybridized carbons (Fsp3) is 0.923. The highest BCUT2D eigenvalue weighted by Gasteiger charge is 2.36. The fourth-order valence-corrected chi connectivity index (χ4v) is 2.93. The van der Waals surface area contributed by atoms with Crippen molar-refractivity contribution in [2.75, 3.05) is 53.0 Å². The Kier molecular flexibility index (Phi) is 4.97. The van der Waals surface area contributed by atoms with E-state index in [0.717, 1.165) is 45.9 Å². The van der Waals surface area contributed by atoms with Gasteiger partial charge in [-0.2, -0.15) is 0 Å². The van der Waals surface area contributed by atoms with Gasteiger partial charge in [0.2, 0.25) is 5.91 Å². The second-order valence-electron chi connectivity index (χ2n) is 5.35. The van der Waals surface area contributed by atoms with Crippen LogP contribution in [0.3, 0.4) is 0 Å². The van der Waals surface area contributed by atoms with Crippen LogP contribution in [0, 0.1) is 5.92 Å². The lowest BCUT2D eigenvalue weighted by Crippen LogP contribution is -2.47. The highest BCUT2D eigenvalue weighted by Crippen LogP contribution is 2.23. The van der Waals surface area contributed by atoms with E-state index in [-0.39, 0.29) is 5.91 Å². The molecule has 104 valence electrons. The number of morpholine rings is 1. The van der Waals surface area contributed by atoms with Crippen molar-refractivity contribution in [3.05, 3.63) is 0 Å². The van der Waals surface area contributed by atoms with E-state index >= 15 is 0 Å². The van der Waals surface area contributed by atoms with Gasteiger partial charge in [0.25, 0.3) is 0 Å². The first-order valence-corrected chi connectivity index (χ1v) is 6.96. The van der Waals surface area contributed by atoms with Crippen LogP contribution in [-0.4, -0.2) is 74.7 Å². The number of nitrogens with zero attached hydrogens (tertiary/aromatic N) is 2. The third kappa shape index (κ3) is 3.22. The molecular formula is C13H25N3O2. The van der Waals surface area contributed by atoms with Gasteiger partial charge in [0.1, 0.15) is 0 Å². The smallest absolute Gasteiger partial charge is 0.223 e. The number of amides is 1. The molecule has 1 amide bonds. The number of carbonyl (C=O) groups excluding carboxylic acids is 1. The maximum absolute atomic E-state index is 12.0. The van der Waals surface area contributed by atoms with Crippen LogP contribution < -0.4 is 5.32 Å². The number of hydrogen-bond acceptors (Lipinski definition) is 4. The average Bonchev–Trinajstić information content (AvgIpc) is 2.79. The van der Waals surface area contributed by atoms with E-state index < -0.39 is 0 Å². The van der Waals surface area contributed by atoms with E-state index in [1.807, 2.05) is 11.9 Å². The molecule has 0 aliphatic carbocycles. The monoisotopic (exact) mass is 255 g/mol. The first kappa shape index (κ1) is 13.8. The van der Waals surface area contributed by atoms with E-state index in [4.69, 9.17) is 4.74 Å². The summed E-state index contributed by atoms with van der Waals surface area (Å²) >= 11 is 0. The molecule has 0 radical (unpaired) electrons. The summed E-state index contributed by atoms with van der Waals surface area (Å²) in [6, 6.07) is 0.521. The van der Waals surface area contributed by atoms with Crippen molar-refractivity contribution in [2.45, 2.75) is 19.4 Å². The molecule has 2 atom stereocenters. The van der Waals surface area contributed by atoms with Crippen molar-refractivity contribution in [2.24, 2.45) is 5.92 Å². The van der Waals surface area contributed by atoms with Gasteiger partial charge >= 0.3 is 0 Å². The van der Waals surface area contributed by atoms with Crippen molar-refractivity contribution in [1.82, 2.24) is 15.1 Å². The SMILES string of the molecule is CNCCC(=O)N1CC(C)C(N2CCOCC2)C1. The fourth-order valence-electron chi connectivity index (χ4n) is 2.93. The van der Waals surface area contributed by atoms with Crippen LogP contribution in [-0.2, 0) is 9.53 Å². The quantitative estimate of drug-likeness (QED) is 0.754. The summed E-state index contributed by atoms with van der Waals surface area (Å²) in [5.41, 5.74) is 0. The minimum atomic E-state index is 0.284. The van der Waals surface area contributed by atoms with Crippen LogP contribution in [0.1, 0.15) is 13.3 Å². The molecule has 2 heterocycles. The Balaban J connectivity index is 1.85. The van der Waals surface area contributed by atoms with Gasteiger partial charge in [0.15, 0.2) is 0 Å². The van der Waals surface area contributed by atoms with Gasteiger partial charge in [-0.1, -0.05) is 6.92 Å². The summed E-state index contributed by atoms with van der Waals surface area (Å²) in [7, 11) is 1.89. The zero-order valence-corrected chi connectivity index (χ0v) is 11.5. The normalized spacial score (nSPS) is 29.8. The first-order chi connectivity index (χ1) is 8.72. The number of hydrogen-bond donors (Lipinski definition) is 1. The molecule has 0 aromatic heterocycles. The number of rotatable bonds is 4. The third-order valence-electron chi connectivity index (χ3n) is 4.03. The van der Waals surface area contributed by atoms with Crippen LogP contribution in [0.5, 0.6) is 0 Å². The van der Waals surface area contributed by atoms with Gasteiger partial charge in [-0.25, -0.2) is 0 Å². The van der Waals surface area contributed by atoms with Gasteiger partial charge in [-0.15, -0.1) is 0 Å². The van der Waals surface area contributed by atoms with E-state index in [0.29, 0.717) is 18.4 Å². The number of ether oxygens (including phenoxy) is 1. The Morgan fingerprint density at radius 2 is 2.06 bits per heavy atom. The van der Waals surface area contributed by atoms with Gasteiger partial charge in [-0.3, -0.25) is 9.69 Å². The molecule has 0 spiro atoms. The average molecular weight is 255 g/mol. The summed E-state index contributed by atoms with van der Waals surface area (Å²) in [5.74, 6) is 0.855. The number of nitrogens with one attached hydrogen (secondary N) is 1. The minimum absolute atomic E-state index is 0.284. The Morgan fingerprint density at radius 1 is 1.33 bits per heavy atom. The first-order valence-electron chi connectivity index (χ1n) is 6.96. The van der Waals surface area contributed by atoms with Crippen LogP contribution in [0.25, 0.3) is 0 Å². The summed E-state index contributed by atoms with van der Waals surface area (Å²) in [5, 5.41) is 3.03.